The molecule has 2 heterocycles. The minimum Gasteiger partial charge on any atom is -0.492 e. The van der Waals surface area contributed by atoms with Gasteiger partial charge in [-0.2, -0.15) is 0 Å². The lowest BCUT2D eigenvalue weighted by molar-refractivity contribution is 0.173. The summed E-state index contributed by atoms with van der Waals surface area (Å²) in [6.45, 7) is 4.37. The van der Waals surface area contributed by atoms with E-state index in [0.717, 1.165) is 47.6 Å². The molecule has 0 unspecified atom stereocenters. The van der Waals surface area contributed by atoms with Crippen molar-refractivity contribution in [3.8, 4) is 17.2 Å². The number of nitrogens with zero attached hydrogens (tertiary/aromatic N) is 2. The average molecular weight is 504 g/mol. The van der Waals surface area contributed by atoms with Crippen LogP contribution < -0.4 is 24.8 Å². The van der Waals surface area contributed by atoms with Crippen molar-refractivity contribution in [1.29, 1.82) is 0 Å². The molecule has 0 saturated carbocycles. The van der Waals surface area contributed by atoms with Gasteiger partial charge in [0.05, 0.1) is 11.6 Å². The molecule has 0 amide bonds. The van der Waals surface area contributed by atoms with Crippen molar-refractivity contribution in [3.05, 3.63) is 34.3 Å². The van der Waals surface area contributed by atoms with E-state index in [-0.39, 0.29) is 30.8 Å². The number of fused-ring (bicyclic) bond motifs is 1. The molecule has 1 aromatic heterocycles. The fourth-order valence-corrected chi connectivity index (χ4v) is 3.30. The largest absolute Gasteiger partial charge is 0.492 e. The van der Waals surface area contributed by atoms with Gasteiger partial charge in [-0.05, 0) is 18.6 Å². The number of hydrogen-bond acceptors (Lipinski definition) is 6. The molecule has 0 bridgehead atoms. The lowest BCUT2D eigenvalue weighted by atomic mass is 10.3. The van der Waals surface area contributed by atoms with Crippen molar-refractivity contribution in [1.82, 2.24) is 15.6 Å². The number of ether oxygens (including phenoxy) is 3. The Kier molecular flexibility index (Phi) is 8.92. The van der Waals surface area contributed by atoms with Crippen LogP contribution >= 0.6 is 35.3 Å². The average Bonchev–Trinajstić information content (AvgIpc) is 3.32. The Balaban J connectivity index is 0.00000261. The molecule has 0 atom stereocenters. The fraction of sp³-hybridized carbons (Fsp3) is 0.444. The molecule has 0 fully saturated rings. The van der Waals surface area contributed by atoms with Gasteiger partial charge in [-0.15, -0.1) is 35.3 Å². The van der Waals surface area contributed by atoms with Gasteiger partial charge in [0.2, 0.25) is 6.79 Å². The second kappa shape index (κ2) is 11.2. The molecule has 0 aliphatic carbocycles. The zero-order chi connectivity index (χ0) is 18.2. The van der Waals surface area contributed by atoms with Crippen LogP contribution in [0.3, 0.4) is 0 Å². The van der Waals surface area contributed by atoms with Crippen molar-refractivity contribution in [2.24, 2.45) is 4.99 Å². The topological polar surface area (TPSA) is 77.0 Å². The van der Waals surface area contributed by atoms with Gasteiger partial charge < -0.3 is 24.8 Å². The third-order valence-corrected chi connectivity index (χ3v) is 5.01. The number of thiazole rings is 1. The molecule has 1 aliphatic rings. The third kappa shape index (κ3) is 6.42. The summed E-state index contributed by atoms with van der Waals surface area (Å²) in [5, 5.41) is 7.68. The molecule has 2 aromatic rings. The number of aryl methyl sites for hydroxylation is 1. The van der Waals surface area contributed by atoms with Crippen molar-refractivity contribution >= 4 is 41.3 Å². The Morgan fingerprint density at radius 2 is 2.07 bits per heavy atom. The Morgan fingerprint density at radius 1 is 1.26 bits per heavy atom. The molecule has 0 spiro atoms. The smallest absolute Gasteiger partial charge is 0.231 e. The first-order chi connectivity index (χ1) is 12.8. The molecule has 9 heteroatoms. The highest BCUT2D eigenvalue weighted by Crippen LogP contribution is 2.34. The van der Waals surface area contributed by atoms with E-state index in [1.807, 2.05) is 24.4 Å². The Labute approximate surface area is 180 Å². The van der Waals surface area contributed by atoms with Gasteiger partial charge in [-0.25, -0.2) is 4.98 Å². The van der Waals surface area contributed by atoms with Gasteiger partial charge in [-0.3, -0.25) is 4.99 Å². The highest BCUT2D eigenvalue weighted by molar-refractivity contribution is 14.0. The summed E-state index contributed by atoms with van der Waals surface area (Å²) in [4.78, 5) is 9.96. The van der Waals surface area contributed by atoms with Crippen molar-refractivity contribution in [2.45, 2.75) is 19.8 Å². The van der Waals surface area contributed by atoms with E-state index in [2.05, 4.69) is 27.5 Å². The molecular formula is C18H25IN4O3S. The molecule has 1 aliphatic heterocycles. The molecule has 2 N–H and O–H groups in total. The first kappa shape index (κ1) is 21.5. The number of benzene rings is 1. The van der Waals surface area contributed by atoms with Crippen LogP contribution in [0.25, 0.3) is 0 Å². The molecule has 148 valence electrons. The maximum Gasteiger partial charge on any atom is 0.231 e. The van der Waals surface area contributed by atoms with Gasteiger partial charge in [0.15, 0.2) is 17.5 Å². The third-order valence-electron chi connectivity index (χ3n) is 3.81. The fourth-order valence-electron chi connectivity index (χ4n) is 2.44. The monoisotopic (exact) mass is 504 g/mol. The SMILES string of the molecule is CCc1cnc(CCNC(=NC)NCCOc2ccc3c(c2)OCO3)s1.I. The number of aromatic nitrogens is 1. The summed E-state index contributed by atoms with van der Waals surface area (Å²) in [7, 11) is 1.76. The molecule has 1 aromatic carbocycles. The molecule has 0 radical (unpaired) electrons. The van der Waals surface area contributed by atoms with Crippen LogP contribution in [0.5, 0.6) is 17.2 Å². The van der Waals surface area contributed by atoms with Crippen LogP contribution in [0.2, 0.25) is 0 Å². The van der Waals surface area contributed by atoms with Crippen molar-refractivity contribution in [3.63, 3.8) is 0 Å². The predicted molar refractivity (Wildman–Crippen MR) is 118 cm³/mol. The molecule has 27 heavy (non-hydrogen) atoms. The number of halogens is 1. The predicted octanol–water partition coefficient (Wildman–Crippen LogP) is 2.84. The van der Waals surface area contributed by atoms with Crippen LogP contribution in [0.4, 0.5) is 0 Å². The minimum atomic E-state index is 0. The van der Waals surface area contributed by atoms with Gasteiger partial charge in [0, 0.05) is 37.2 Å². The highest BCUT2D eigenvalue weighted by Gasteiger charge is 2.13. The lowest BCUT2D eigenvalue weighted by Gasteiger charge is -2.12. The highest BCUT2D eigenvalue weighted by atomic mass is 127. The second-order valence-electron chi connectivity index (χ2n) is 5.61. The summed E-state index contributed by atoms with van der Waals surface area (Å²) in [5.41, 5.74) is 0. The van der Waals surface area contributed by atoms with Gasteiger partial charge in [0.1, 0.15) is 12.4 Å². The van der Waals surface area contributed by atoms with Crippen LogP contribution in [0.1, 0.15) is 16.8 Å². The Bertz CT molecular complexity index is 754. The van der Waals surface area contributed by atoms with Gasteiger partial charge in [-0.1, -0.05) is 6.92 Å². The Hall–Kier alpha value is -1.75. The van der Waals surface area contributed by atoms with E-state index in [4.69, 9.17) is 14.2 Å². The van der Waals surface area contributed by atoms with Crippen LogP contribution in [-0.2, 0) is 12.8 Å². The first-order valence-electron chi connectivity index (χ1n) is 8.69. The van der Waals surface area contributed by atoms with E-state index in [1.165, 1.54) is 4.88 Å². The first-order valence-corrected chi connectivity index (χ1v) is 9.50. The number of hydrogen-bond donors (Lipinski definition) is 2. The van der Waals surface area contributed by atoms with Crippen molar-refractivity contribution < 1.29 is 14.2 Å². The summed E-state index contributed by atoms with van der Waals surface area (Å²) >= 11 is 1.77. The number of aliphatic imine (C=N–C) groups is 1. The standard InChI is InChI=1S/C18H24N4O3S.HI/c1-3-14-11-22-17(26-14)6-7-20-18(19-2)21-8-9-23-13-4-5-15-16(10-13)25-12-24-15;/h4-5,10-11H,3,6-9,12H2,1-2H3,(H2,19,20,21);1H. The normalized spacial score (nSPS) is 12.4. The van der Waals surface area contributed by atoms with Gasteiger partial charge in [0.25, 0.3) is 0 Å². The maximum atomic E-state index is 5.73. The van der Waals surface area contributed by atoms with E-state index in [1.54, 1.807) is 18.4 Å². The summed E-state index contributed by atoms with van der Waals surface area (Å²) in [5.74, 6) is 2.99. The zero-order valence-corrected chi connectivity index (χ0v) is 18.6. The van der Waals surface area contributed by atoms with E-state index in [9.17, 15) is 0 Å². The van der Waals surface area contributed by atoms with Gasteiger partial charge >= 0.3 is 0 Å². The van der Waals surface area contributed by atoms with E-state index < -0.39 is 0 Å². The number of nitrogens with one attached hydrogen (secondary N) is 2. The molecule has 3 rings (SSSR count). The minimum absolute atomic E-state index is 0. The quantitative estimate of drug-likeness (QED) is 0.249. The second-order valence-corrected chi connectivity index (χ2v) is 6.81. The van der Waals surface area contributed by atoms with E-state index in [0.29, 0.717) is 13.2 Å². The number of guanidine groups is 1. The van der Waals surface area contributed by atoms with Crippen LogP contribution in [-0.4, -0.2) is 44.5 Å². The number of rotatable bonds is 8. The van der Waals surface area contributed by atoms with Crippen LogP contribution in [0, 0.1) is 0 Å². The summed E-state index contributed by atoms with van der Waals surface area (Å²) in [6.07, 6.45) is 3.89. The van der Waals surface area contributed by atoms with Crippen LogP contribution in [0.15, 0.2) is 29.4 Å². The molecule has 7 nitrogen and oxygen atoms in total. The maximum absolute atomic E-state index is 5.73. The van der Waals surface area contributed by atoms with Crippen molar-refractivity contribution in [2.75, 3.05) is 33.5 Å². The molecule has 0 saturated heterocycles. The van der Waals surface area contributed by atoms with E-state index >= 15 is 0 Å². The zero-order valence-electron chi connectivity index (χ0n) is 15.5. The lowest BCUT2D eigenvalue weighted by Crippen LogP contribution is -2.40. The molecular weight excluding hydrogens is 479 g/mol. The summed E-state index contributed by atoms with van der Waals surface area (Å²) in [6, 6.07) is 5.57. The Morgan fingerprint density at radius 3 is 2.85 bits per heavy atom. The summed E-state index contributed by atoms with van der Waals surface area (Å²) < 4.78 is 16.3.